The first kappa shape index (κ1) is 28.0. The Morgan fingerprint density at radius 1 is 1.29 bits per heavy atom. The summed E-state index contributed by atoms with van der Waals surface area (Å²) in [6.07, 6.45) is -0.310. The number of nitrogens with two attached hydrogens (primary N) is 2. The number of aliphatic carboxylic acids is 1. The van der Waals surface area contributed by atoms with E-state index in [2.05, 4.69) is 5.73 Å². The summed E-state index contributed by atoms with van der Waals surface area (Å²) in [5.41, 5.74) is 7.34. The van der Waals surface area contributed by atoms with Gasteiger partial charge in [0, 0.05) is 9.92 Å². The van der Waals surface area contributed by atoms with Gasteiger partial charge in [0.15, 0.2) is 0 Å². The minimum absolute atomic E-state index is 0.310. The average Bonchev–Trinajstić information content (AvgIpc) is 2.58. The first-order chi connectivity index (χ1) is 13.0. The molecule has 13 heteroatoms. The van der Waals surface area contributed by atoms with Crippen LogP contribution in [0.2, 0.25) is 10.0 Å². The number of carbonyl (C=O) groups is 2. The van der Waals surface area contributed by atoms with Crippen molar-refractivity contribution in [3.05, 3.63) is 28.2 Å². The van der Waals surface area contributed by atoms with Crippen LogP contribution in [0.25, 0.3) is 0 Å². The van der Waals surface area contributed by atoms with Crippen LogP contribution < -0.4 is 11.5 Å². The molecule has 28 heavy (non-hydrogen) atoms. The van der Waals surface area contributed by atoms with Crippen LogP contribution in [-0.4, -0.2) is 41.3 Å². The molecule has 0 aliphatic rings. The molecule has 1 rings (SSSR count). The summed E-state index contributed by atoms with van der Waals surface area (Å²) < 4.78 is 11.1. The molecule has 0 saturated heterocycles. The van der Waals surface area contributed by atoms with Gasteiger partial charge in [0.1, 0.15) is 6.04 Å². The van der Waals surface area contributed by atoms with Gasteiger partial charge in [-0.3, -0.25) is 9.59 Å². The molecule has 7 nitrogen and oxygen atoms in total. The number of thioether (sulfide) groups is 1. The van der Waals surface area contributed by atoms with E-state index in [0.29, 0.717) is 23.3 Å². The summed E-state index contributed by atoms with van der Waals surface area (Å²) in [6.45, 7) is 4.96. The summed E-state index contributed by atoms with van der Waals surface area (Å²) in [4.78, 5) is 20.8. The Hall–Kier alpha value is -0.0300. The van der Waals surface area contributed by atoms with Gasteiger partial charge in [0.2, 0.25) is 11.6 Å². The highest BCUT2D eigenvalue weighted by Gasteiger charge is 2.19. The Balaban J connectivity index is 0.000000684. The molecule has 160 valence electrons. The number of hydrogen-bond acceptors (Lipinski definition) is 8. The Morgan fingerprint density at radius 2 is 1.86 bits per heavy atom. The van der Waals surface area contributed by atoms with Gasteiger partial charge < -0.3 is 25.6 Å². The lowest BCUT2D eigenvalue weighted by atomic mass is 10.2. The fourth-order valence-corrected chi connectivity index (χ4v) is 9.01. The maximum atomic E-state index is 9.99. The second-order valence-electron chi connectivity index (χ2n) is 4.86. The van der Waals surface area contributed by atoms with Crippen LogP contribution >= 0.6 is 52.0 Å². The second kappa shape index (κ2) is 14.9. The Kier molecular flexibility index (Phi) is 14.9. The fraction of sp³-hybridized carbons (Fsp3) is 0.467. The molecule has 0 fully saturated rings. The molecule has 1 aromatic carbocycles. The number of carbonyl (C=O) groups excluding carboxylic acids is 1. The van der Waals surface area contributed by atoms with Crippen molar-refractivity contribution in [3.8, 4) is 0 Å². The summed E-state index contributed by atoms with van der Waals surface area (Å²) in [5, 5.41) is 10.2. The van der Waals surface area contributed by atoms with Crippen molar-refractivity contribution in [1.29, 1.82) is 0 Å². The third kappa shape index (κ3) is 12.5. The van der Waals surface area contributed by atoms with Gasteiger partial charge in [-0.1, -0.05) is 34.6 Å². The van der Waals surface area contributed by atoms with E-state index in [9.17, 15) is 9.59 Å². The van der Waals surface area contributed by atoms with E-state index in [1.807, 2.05) is 19.9 Å². The predicted octanol–water partition coefficient (Wildman–Crippen LogP) is 4.35. The van der Waals surface area contributed by atoms with Gasteiger partial charge >= 0.3 is 5.97 Å². The molecule has 1 aromatic rings. The number of carboxylic acid groups (broad SMARTS) is 1. The molecule has 0 spiro atoms. The number of hydrogen-bond donors (Lipinski definition) is 3. The summed E-state index contributed by atoms with van der Waals surface area (Å²) in [5.74, 6) is -1.92. The average molecular weight is 509 g/mol. The van der Waals surface area contributed by atoms with Crippen molar-refractivity contribution in [2.45, 2.75) is 31.2 Å². The summed E-state index contributed by atoms with van der Waals surface area (Å²) >= 11 is 20.6. The highest BCUT2D eigenvalue weighted by Crippen LogP contribution is 2.62. The van der Waals surface area contributed by atoms with Crippen LogP contribution in [0, 0.1) is 0 Å². The van der Waals surface area contributed by atoms with Gasteiger partial charge in [0.25, 0.3) is 0 Å². The van der Waals surface area contributed by atoms with Crippen molar-refractivity contribution < 1.29 is 23.7 Å². The molecule has 0 aliphatic heterocycles. The number of benzene rings is 1. The molecule has 1 atom stereocenters. The largest absolute Gasteiger partial charge is 0.480 e. The lowest BCUT2D eigenvalue weighted by Gasteiger charge is -2.19. The number of amides is 1. The number of rotatable bonds is 11. The summed E-state index contributed by atoms with van der Waals surface area (Å²) in [7, 11) is 0. The molecular weight excluding hydrogens is 486 g/mol. The van der Waals surface area contributed by atoms with Crippen LogP contribution in [0.15, 0.2) is 23.1 Å². The van der Waals surface area contributed by atoms with Crippen LogP contribution in [-0.2, 0) is 30.4 Å². The summed E-state index contributed by atoms with van der Waals surface area (Å²) in [6, 6.07) is 4.24. The predicted molar refractivity (Wildman–Crippen MR) is 122 cm³/mol. The zero-order valence-corrected chi connectivity index (χ0v) is 20.2. The van der Waals surface area contributed by atoms with Crippen LogP contribution in [0.3, 0.4) is 0 Å². The van der Waals surface area contributed by atoms with E-state index in [1.54, 1.807) is 23.9 Å². The van der Waals surface area contributed by atoms with Crippen molar-refractivity contribution in [3.63, 3.8) is 0 Å². The Bertz CT molecular complexity index is 690. The first-order valence-electron chi connectivity index (χ1n) is 7.92. The number of primary amides is 1. The third-order valence-corrected chi connectivity index (χ3v) is 10.4. The molecule has 5 N–H and O–H groups in total. The van der Waals surface area contributed by atoms with E-state index in [0.717, 1.165) is 9.98 Å². The van der Waals surface area contributed by atoms with Gasteiger partial charge in [-0.25, -0.2) is 0 Å². The molecule has 0 aromatic heterocycles. The topological polar surface area (TPSA) is 125 Å². The Morgan fingerprint density at radius 3 is 2.29 bits per heavy atom. The molecule has 1 amide bonds. The normalized spacial score (nSPS) is 12.0. The van der Waals surface area contributed by atoms with Crippen LogP contribution in [0.4, 0.5) is 0 Å². The molecule has 0 heterocycles. The Labute approximate surface area is 188 Å². The van der Waals surface area contributed by atoms with Crippen molar-refractivity contribution in [1.82, 2.24) is 0 Å². The van der Waals surface area contributed by atoms with Crippen molar-refractivity contribution >= 4 is 75.7 Å². The highest BCUT2D eigenvalue weighted by atomic mass is 35.5. The number of halogens is 2. The van der Waals surface area contributed by atoms with Gasteiger partial charge in [-0.05, 0) is 43.9 Å². The third-order valence-electron chi connectivity index (χ3n) is 2.63. The quantitative estimate of drug-likeness (QED) is 0.227. The fourth-order valence-electron chi connectivity index (χ4n) is 1.47. The molecular formula is C15H23Cl2N2O5PS3. The maximum absolute atomic E-state index is 9.99. The monoisotopic (exact) mass is 508 g/mol. The standard InChI is InChI=1S/C11H15Cl2O2PS3.C4H8N2O3/c1-3-14-16(17,15-4-2)19-8-18-11-7-9(12)5-6-10(11)13;5-2(4(8)9)1-3(6)7/h5-7H,3-4,8H2,1-2H3;2H,1,5H2,(H2,6,7)(H,8,9). The van der Waals surface area contributed by atoms with E-state index < -0.39 is 23.6 Å². The van der Waals surface area contributed by atoms with E-state index in [4.69, 9.17) is 54.9 Å². The second-order valence-corrected chi connectivity index (χ2v) is 13.4. The maximum Gasteiger partial charge on any atom is 0.321 e. The SMILES string of the molecule is CCOP(=S)(OCC)SCSc1cc(Cl)ccc1Cl.NC(=O)CC(N)C(=O)O. The van der Waals surface area contributed by atoms with Gasteiger partial charge in [-0.15, -0.1) is 11.8 Å². The van der Waals surface area contributed by atoms with E-state index in [-0.39, 0.29) is 6.42 Å². The minimum atomic E-state index is -2.23. The molecule has 0 aliphatic carbocycles. The van der Waals surface area contributed by atoms with Gasteiger partial charge in [0.05, 0.1) is 29.7 Å². The first-order valence-corrected chi connectivity index (χ1v) is 13.9. The molecule has 0 saturated carbocycles. The van der Waals surface area contributed by atoms with Crippen LogP contribution in [0.5, 0.6) is 0 Å². The lowest BCUT2D eigenvalue weighted by molar-refractivity contribution is -0.140. The molecule has 0 bridgehead atoms. The van der Waals surface area contributed by atoms with Gasteiger partial charge in [-0.2, -0.15) is 0 Å². The minimum Gasteiger partial charge on any atom is -0.480 e. The lowest BCUT2D eigenvalue weighted by Crippen LogP contribution is -2.34. The van der Waals surface area contributed by atoms with Crippen molar-refractivity contribution in [2.24, 2.45) is 11.5 Å². The molecule has 0 radical (unpaired) electrons. The smallest absolute Gasteiger partial charge is 0.321 e. The van der Waals surface area contributed by atoms with Crippen molar-refractivity contribution in [2.75, 3.05) is 18.3 Å². The highest BCUT2D eigenvalue weighted by molar-refractivity contribution is 8.69. The number of carboxylic acids is 1. The van der Waals surface area contributed by atoms with Crippen LogP contribution in [0.1, 0.15) is 20.3 Å². The zero-order valence-electron chi connectivity index (χ0n) is 15.3. The van der Waals surface area contributed by atoms with E-state index in [1.165, 1.54) is 11.4 Å². The zero-order chi connectivity index (χ0) is 21.7. The van der Waals surface area contributed by atoms with E-state index >= 15 is 0 Å². The molecule has 1 unspecified atom stereocenters.